The van der Waals surface area contributed by atoms with Gasteiger partial charge in [0.05, 0.1) is 10.5 Å². The van der Waals surface area contributed by atoms with E-state index in [4.69, 9.17) is 0 Å². The number of sulfonamides is 1. The van der Waals surface area contributed by atoms with Crippen LogP contribution >= 0.6 is 0 Å². The van der Waals surface area contributed by atoms with Crippen LogP contribution in [0, 0.1) is 0 Å². The third-order valence-electron chi connectivity index (χ3n) is 7.65. The van der Waals surface area contributed by atoms with Gasteiger partial charge in [-0.05, 0) is 75.4 Å². The van der Waals surface area contributed by atoms with Gasteiger partial charge < -0.3 is 20.5 Å². The Balaban J connectivity index is 1.42. The number of fused-ring (bicyclic) bond motifs is 1. The van der Waals surface area contributed by atoms with Crippen LogP contribution in [0.15, 0.2) is 58.2 Å². The second-order valence-electron chi connectivity index (χ2n) is 10.9. The van der Waals surface area contributed by atoms with Gasteiger partial charge in [-0.2, -0.15) is 17.5 Å². The highest BCUT2D eigenvalue weighted by Crippen LogP contribution is 2.37. The molecule has 4 rings (SSSR count). The Kier molecular flexibility index (Phi) is 10.1. The molecule has 0 bridgehead atoms. The predicted octanol–water partition coefficient (Wildman–Crippen LogP) is 5.93. The second-order valence-corrected chi connectivity index (χ2v) is 12.8. The molecular formula is C30H38F3N5O4S. The van der Waals surface area contributed by atoms with Crippen LogP contribution in [0.25, 0.3) is 10.9 Å². The molecular weight excluding hydrogens is 583 g/mol. The van der Waals surface area contributed by atoms with Gasteiger partial charge in [0.2, 0.25) is 15.6 Å². The largest absolute Gasteiger partial charge is 0.417 e. The molecule has 2 heterocycles. The summed E-state index contributed by atoms with van der Waals surface area (Å²) in [5.41, 5.74) is -0.714. The molecule has 1 aliphatic heterocycles. The van der Waals surface area contributed by atoms with Crippen LogP contribution in [0.2, 0.25) is 0 Å². The summed E-state index contributed by atoms with van der Waals surface area (Å²) in [6.45, 7) is 6.96. The van der Waals surface area contributed by atoms with Gasteiger partial charge in [-0.25, -0.2) is 13.2 Å². The molecule has 9 nitrogen and oxygen atoms in total. The topological polar surface area (TPSA) is 115 Å². The van der Waals surface area contributed by atoms with Gasteiger partial charge in [0, 0.05) is 60.1 Å². The first-order valence-corrected chi connectivity index (χ1v) is 16.0. The van der Waals surface area contributed by atoms with Crippen molar-refractivity contribution in [2.24, 2.45) is 0 Å². The molecule has 3 aromatic rings. The lowest BCUT2D eigenvalue weighted by Crippen LogP contribution is -2.38. The number of aromatic nitrogens is 1. The van der Waals surface area contributed by atoms with E-state index in [1.54, 1.807) is 18.2 Å². The Hall–Kier alpha value is -3.58. The number of alkyl halides is 3. The zero-order valence-corrected chi connectivity index (χ0v) is 25.3. The number of urea groups is 1. The van der Waals surface area contributed by atoms with Gasteiger partial charge in [-0.3, -0.25) is 4.79 Å². The number of hydrogen-bond donors (Lipinski definition) is 3. The SMILES string of the molecule is CCCN(CCC)S(=O)(=O)c1cccc(NC(=O)NCC[C@H]2CC[C@@H](C)N2c2ccc3[nH]c(=O)cc(C(F)(F)F)c3c2)c1. The van der Waals surface area contributed by atoms with Crippen molar-refractivity contribution < 1.29 is 26.4 Å². The number of carbonyl (C=O) groups is 1. The van der Waals surface area contributed by atoms with E-state index in [-0.39, 0.29) is 27.9 Å². The first-order chi connectivity index (χ1) is 20.3. The number of anilines is 2. The van der Waals surface area contributed by atoms with E-state index in [1.807, 2.05) is 20.8 Å². The summed E-state index contributed by atoms with van der Waals surface area (Å²) >= 11 is 0. The molecule has 2 atom stereocenters. The summed E-state index contributed by atoms with van der Waals surface area (Å²) < 4.78 is 68.8. The molecule has 13 heteroatoms. The van der Waals surface area contributed by atoms with Crippen LogP contribution < -0.4 is 21.1 Å². The fraction of sp³-hybridized carbons (Fsp3) is 0.467. The molecule has 43 heavy (non-hydrogen) atoms. The Morgan fingerprint density at radius 2 is 1.79 bits per heavy atom. The lowest BCUT2D eigenvalue weighted by atomic mass is 10.1. The summed E-state index contributed by atoms with van der Waals surface area (Å²) in [5, 5.41) is 5.43. The maximum absolute atomic E-state index is 13.7. The van der Waals surface area contributed by atoms with E-state index in [2.05, 4.69) is 20.5 Å². The van der Waals surface area contributed by atoms with E-state index in [0.717, 1.165) is 12.8 Å². The highest BCUT2D eigenvalue weighted by atomic mass is 32.2. The number of carbonyl (C=O) groups excluding carboxylic acids is 1. The Labute approximate surface area is 249 Å². The number of nitrogens with zero attached hydrogens (tertiary/aromatic N) is 2. The lowest BCUT2D eigenvalue weighted by Gasteiger charge is -2.31. The van der Waals surface area contributed by atoms with Crippen molar-refractivity contribution in [2.75, 3.05) is 29.9 Å². The van der Waals surface area contributed by atoms with Crippen LogP contribution in [-0.4, -0.2) is 55.5 Å². The standard InChI is InChI=1S/C30H38F3N5O4S/c1-4-15-37(16-5-2)43(41,42)24-8-6-7-21(17-24)35-29(40)34-14-13-22-10-9-20(3)38(22)23-11-12-27-25(18-23)26(30(31,32)33)19-28(39)36-27/h6-8,11-12,17-20,22H,4-5,9-10,13-16H2,1-3H3,(H,36,39)(H2,34,35,40)/t20-,22-/m1/s1. The van der Waals surface area contributed by atoms with E-state index < -0.39 is 33.4 Å². The summed E-state index contributed by atoms with van der Waals surface area (Å²) in [4.78, 5) is 29.1. The average molecular weight is 622 g/mol. The molecule has 1 saturated heterocycles. The normalized spacial score (nSPS) is 17.5. The number of halogens is 3. The van der Waals surface area contributed by atoms with Gasteiger partial charge in [0.25, 0.3) is 0 Å². The molecule has 1 aromatic heterocycles. The number of benzene rings is 2. The minimum absolute atomic E-state index is 0.0265. The molecule has 0 unspecified atom stereocenters. The maximum atomic E-state index is 13.7. The lowest BCUT2D eigenvalue weighted by molar-refractivity contribution is -0.136. The van der Waals surface area contributed by atoms with Crippen LogP contribution in [0.5, 0.6) is 0 Å². The molecule has 2 aromatic carbocycles. The van der Waals surface area contributed by atoms with Crippen LogP contribution in [-0.2, 0) is 16.2 Å². The minimum Gasteiger partial charge on any atom is -0.366 e. The number of aromatic amines is 1. The molecule has 1 fully saturated rings. The number of hydrogen-bond acceptors (Lipinski definition) is 5. The van der Waals surface area contributed by atoms with Gasteiger partial charge in [0.1, 0.15) is 0 Å². The summed E-state index contributed by atoms with van der Waals surface area (Å²) in [5.74, 6) is 0. The van der Waals surface area contributed by atoms with Crippen molar-refractivity contribution in [3.05, 3.63) is 64.4 Å². The predicted molar refractivity (Wildman–Crippen MR) is 162 cm³/mol. The monoisotopic (exact) mass is 621 g/mol. The second kappa shape index (κ2) is 13.4. The van der Waals surface area contributed by atoms with Gasteiger partial charge in [0.15, 0.2) is 0 Å². The van der Waals surface area contributed by atoms with E-state index in [0.29, 0.717) is 56.3 Å². The summed E-state index contributed by atoms with van der Waals surface area (Å²) in [6.07, 6.45) is -1.12. The molecule has 0 aliphatic carbocycles. The number of nitrogens with one attached hydrogen (secondary N) is 3. The van der Waals surface area contributed by atoms with E-state index >= 15 is 0 Å². The average Bonchev–Trinajstić information content (AvgIpc) is 3.31. The molecule has 0 saturated carbocycles. The number of rotatable bonds is 11. The van der Waals surface area contributed by atoms with E-state index in [1.165, 1.54) is 28.6 Å². The maximum Gasteiger partial charge on any atom is 0.417 e. The third kappa shape index (κ3) is 7.50. The number of amides is 2. The Bertz CT molecular complexity index is 1600. The Morgan fingerprint density at radius 1 is 1.07 bits per heavy atom. The smallest absolute Gasteiger partial charge is 0.366 e. The molecule has 3 N–H and O–H groups in total. The molecule has 2 amide bonds. The highest BCUT2D eigenvalue weighted by molar-refractivity contribution is 7.89. The third-order valence-corrected chi connectivity index (χ3v) is 9.55. The first-order valence-electron chi connectivity index (χ1n) is 14.5. The number of H-pyrrole nitrogens is 1. The molecule has 1 aliphatic rings. The van der Waals surface area contributed by atoms with E-state index in [9.17, 15) is 31.2 Å². The zero-order chi connectivity index (χ0) is 31.4. The molecule has 0 radical (unpaired) electrons. The van der Waals surface area contributed by atoms with Gasteiger partial charge in [-0.15, -0.1) is 0 Å². The number of pyridine rings is 1. The van der Waals surface area contributed by atoms with Crippen LogP contribution in [0.4, 0.5) is 29.3 Å². The van der Waals surface area contributed by atoms with Crippen LogP contribution in [0.3, 0.4) is 0 Å². The van der Waals surface area contributed by atoms with Crippen molar-refractivity contribution >= 4 is 38.3 Å². The Morgan fingerprint density at radius 3 is 2.47 bits per heavy atom. The summed E-state index contributed by atoms with van der Waals surface area (Å²) in [6, 6.07) is 10.9. The highest BCUT2D eigenvalue weighted by Gasteiger charge is 2.35. The van der Waals surface area contributed by atoms with Crippen molar-refractivity contribution in [1.82, 2.24) is 14.6 Å². The molecule has 0 spiro atoms. The van der Waals surface area contributed by atoms with Gasteiger partial charge >= 0.3 is 12.2 Å². The van der Waals surface area contributed by atoms with Crippen molar-refractivity contribution in [3.63, 3.8) is 0 Å². The zero-order valence-electron chi connectivity index (χ0n) is 24.5. The van der Waals surface area contributed by atoms with Gasteiger partial charge in [-0.1, -0.05) is 19.9 Å². The fourth-order valence-corrected chi connectivity index (χ4v) is 7.39. The fourth-order valence-electron chi connectivity index (χ4n) is 5.72. The first kappa shape index (κ1) is 32.3. The van der Waals surface area contributed by atoms with Crippen molar-refractivity contribution in [3.8, 4) is 0 Å². The molecule has 234 valence electrons. The summed E-state index contributed by atoms with van der Waals surface area (Å²) in [7, 11) is -3.70. The quantitative estimate of drug-likeness (QED) is 0.246. The van der Waals surface area contributed by atoms with Crippen molar-refractivity contribution in [1.29, 1.82) is 0 Å². The van der Waals surface area contributed by atoms with Crippen molar-refractivity contribution in [2.45, 2.75) is 76.0 Å². The minimum atomic E-state index is -4.67. The van der Waals surface area contributed by atoms with Crippen LogP contribution in [0.1, 0.15) is 58.4 Å².